The highest BCUT2D eigenvalue weighted by atomic mass is 35.5. The number of nitrogens with zero attached hydrogens (tertiary/aromatic N) is 2. The second-order valence-corrected chi connectivity index (χ2v) is 7.34. The van der Waals surface area contributed by atoms with Crippen LogP contribution in [0, 0.1) is 0 Å². The second kappa shape index (κ2) is 7.15. The Balaban J connectivity index is 0.00000182. The molecule has 0 saturated carbocycles. The fourth-order valence-corrected chi connectivity index (χ4v) is 3.81. The van der Waals surface area contributed by atoms with Crippen LogP contribution in [0.4, 0.5) is 5.69 Å². The minimum atomic E-state index is -0.467. The zero-order valence-electron chi connectivity index (χ0n) is 14.0. The van der Waals surface area contributed by atoms with Crippen molar-refractivity contribution in [2.24, 2.45) is 0 Å². The summed E-state index contributed by atoms with van der Waals surface area (Å²) in [6, 6.07) is 7.87. The smallest absolute Gasteiger partial charge is 0.244 e. The van der Waals surface area contributed by atoms with Gasteiger partial charge in [0.25, 0.3) is 0 Å². The quantitative estimate of drug-likeness (QED) is 0.727. The normalized spacial score (nSPS) is 20.2. The molecule has 1 fully saturated rings. The lowest BCUT2D eigenvalue weighted by molar-refractivity contribution is -0.122. The molecule has 3 heterocycles. The monoisotopic (exact) mass is 376 g/mol. The maximum Gasteiger partial charge on any atom is 0.244 e. The third-order valence-electron chi connectivity index (χ3n) is 4.65. The Bertz CT molecular complexity index is 836. The van der Waals surface area contributed by atoms with Gasteiger partial charge in [-0.25, -0.2) is 4.98 Å². The number of amides is 1. The fraction of sp³-hybridized carbons (Fsp3) is 0.333. The summed E-state index contributed by atoms with van der Waals surface area (Å²) in [5.41, 5.74) is 2.34. The van der Waals surface area contributed by atoms with Crippen molar-refractivity contribution in [3.05, 3.63) is 42.0 Å². The van der Waals surface area contributed by atoms with Crippen molar-refractivity contribution in [3.63, 3.8) is 0 Å². The molecule has 4 rings (SSSR count). The van der Waals surface area contributed by atoms with Crippen LogP contribution in [0.3, 0.4) is 0 Å². The maximum absolute atomic E-state index is 12.5. The van der Waals surface area contributed by atoms with Crippen LogP contribution in [0.25, 0.3) is 16.2 Å². The molecule has 132 valence electrons. The molecule has 2 aromatic heterocycles. The average molecular weight is 377 g/mol. The number of halogens is 1. The molecule has 1 amide bonds. The molecule has 1 atom stereocenters. The van der Waals surface area contributed by atoms with Crippen LogP contribution in [-0.4, -0.2) is 27.4 Å². The summed E-state index contributed by atoms with van der Waals surface area (Å²) in [6.45, 7) is 2.88. The number of fused-ring (bicyclic) bond motifs is 1. The largest absolute Gasteiger partial charge is 0.324 e. The van der Waals surface area contributed by atoms with Crippen LogP contribution < -0.4 is 10.6 Å². The van der Waals surface area contributed by atoms with E-state index < -0.39 is 5.54 Å². The summed E-state index contributed by atoms with van der Waals surface area (Å²) >= 11 is 1.62. The molecule has 0 spiro atoms. The Hall–Kier alpha value is -1.89. The highest BCUT2D eigenvalue weighted by Gasteiger charge is 2.34. The van der Waals surface area contributed by atoms with Crippen LogP contribution >= 0.6 is 23.7 Å². The SMILES string of the molecule is CC1(C(=O)Nc2ccc(-c3cn4ccsc4n3)cc2)CCCCN1.Cl. The predicted octanol–water partition coefficient (Wildman–Crippen LogP) is 3.96. The minimum Gasteiger partial charge on any atom is -0.324 e. The maximum atomic E-state index is 12.5. The summed E-state index contributed by atoms with van der Waals surface area (Å²) in [6.07, 6.45) is 7.13. The van der Waals surface area contributed by atoms with E-state index in [0.29, 0.717) is 0 Å². The van der Waals surface area contributed by atoms with Gasteiger partial charge in [-0.3, -0.25) is 9.20 Å². The highest BCUT2D eigenvalue weighted by molar-refractivity contribution is 7.15. The van der Waals surface area contributed by atoms with Gasteiger partial charge in [-0.1, -0.05) is 12.1 Å². The van der Waals surface area contributed by atoms with Gasteiger partial charge in [0.05, 0.1) is 11.2 Å². The predicted molar refractivity (Wildman–Crippen MR) is 105 cm³/mol. The number of piperidine rings is 1. The van der Waals surface area contributed by atoms with Gasteiger partial charge < -0.3 is 10.6 Å². The summed E-state index contributed by atoms with van der Waals surface area (Å²) in [5, 5.41) is 8.39. The molecule has 1 aliphatic heterocycles. The number of thiazole rings is 1. The molecular formula is C18H21ClN4OS. The summed E-state index contributed by atoms with van der Waals surface area (Å²) < 4.78 is 2.02. The van der Waals surface area contributed by atoms with E-state index in [9.17, 15) is 4.79 Å². The van der Waals surface area contributed by atoms with Gasteiger partial charge in [0.2, 0.25) is 5.91 Å². The van der Waals surface area contributed by atoms with Crippen molar-refractivity contribution in [3.8, 4) is 11.3 Å². The average Bonchev–Trinajstić information content (AvgIpc) is 3.18. The van der Waals surface area contributed by atoms with E-state index in [1.807, 2.05) is 53.4 Å². The van der Waals surface area contributed by atoms with Crippen LogP contribution in [0.15, 0.2) is 42.0 Å². The van der Waals surface area contributed by atoms with Crippen LogP contribution in [0.5, 0.6) is 0 Å². The number of carbonyl (C=O) groups excluding carboxylic acids is 1. The summed E-state index contributed by atoms with van der Waals surface area (Å²) in [4.78, 5) is 18.1. The molecule has 3 aromatic rings. The molecule has 2 N–H and O–H groups in total. The molecule has 7 heteroatoms. The van der Waals surface area contributed by atoms with Gasteiger partial charge in [-0.2, -0.15) is 0 Å². The first-order valence-corrected chi connectivity index (χ1v) is 9.11. The van der Waals surface area contributed by atoms with Gasteiger partial charge in [0.1, 0.15) is 0 Å². The highest BCUT2D eigenvalue weighted by Crippen LogP contribution is 2.24. The van der Waals surface area contributed by atoms with Crippen LogP contribution in [0.1, 0.15) is 26.2 Å². The summed E-state index contributed by atoms with van der Waals surface area (Å²) in [5.74, 6) is 0.0393. The topological polar surface area (TPSA) is 58.4 Å². The molecule has 0 radical (unpaired) electrons. The molecule has 0 bridgehead atoms. The van der Waals surface area contributed by atoms with E-state index >= 15 is 0 Å². The fourth-order valence-electron chi connectivity index (χ4n) is 3.11. The number of imidazole rings is 1. The van der Waals surface area contributed by atoms with Gasteiger partial charge in [-0.05, 0) is 44.9 Å². The van der Waals surface area contributed by atoms with E-state index in [2.05, 4.69) is 15.6 Å². The first-order chi connectivity index (χ1) is 11.6. The molecular weight excluding hydrogens is 356 g/mol. The van der Waals surface area contributed by atoms with E-state index in [1.54, 1.807) is 11.3 Å². The lowest BCUT2D eigenvalue weighted by Gasteiger charge is -2.33. The molecule has 0 aliphatic carbocycles. The van der Waals surface area contributed by atoms with E-state index in [4.69, 9.17) is 0 Å². The standard InChI is InChI=1S/C18H20N4OS.ClH/c1-18(8-2-3-9-19-18)16(23)20-14-6-4-13(5-7-14)15-12-22-10-11-24-17(22)21-15;/h4-7,10-12,19H,2-3,8-9H2,1H3,(H,20,23);1H. The third-order valence-corrected chi connectivity index (χ3v) is 5.42. The van der Waals surface area contributed by atoms with Crippen molar-refractivity contribution >= 4 is 40.3 Å². The van der Waals surface area contributed by atoms with Crippen molar-refractivity contribution in [1.29, 1.82) is 0 Å². The second-order valence-electron chi connectivity index (χ2n) is 6.47. The number of hydrogen-bond acceptors (Lipinski definition) is 4. The molecule has 5 nitrogen and oxygen atoms in total. The number of aromatic nitrogens is 2. The number of carbonyl (C=O) groups is 1. The zero-order valence-corrected chi connectivity index (χ0v) is 15.6. The molecule has 1 aromatic carbocycles. The Kier molecular flexibility index (Phi) is 5.13. The van der Waals surface area contributed by atoms with E-state index in [-0.39, 0.29) is 18.3 Å². The van der Waals surface area contributed by atoms with Crippen LogP contribution in [0.2, 0.25) is 0 Å². The number of hydrogen-bond donors (Lipinski definition) is 2. The molecule has 1 saturated heterocycles. The van der Waals surface area contributed by atoms with E-state index in [0.717, 1.165) is 47.7 Å². The van der Waals surface area contributed by atoms with Gasteiger partial charge in [0, 0.05) is 29.0 Å². The third kappa shape index (κ3) is 3.56. The van der Waals surface area contributed by atoms with Crippen molar-refractivity contribution in [2.45, 2.75) is 31.7 Å². The molecule has 1 unspecified atom stereocenters. The minimum absolute atomic E-state index is 0. The number of rotatable bonds is 3. The molecule has 25 heavy (non-hydrogen) atoms. The zero-order chi connectivity index (χ0) is 16.6. The Morgan fingerprint density at radius 2 is 2.12 bits per heavy atom. The van der Waals surface area contributed by atoms with Gasteiger partial charge in [-0.15, -0.1) is 23.7 Å². The van der Waals surface area contributed by atoms with Crippen molar-refractivity contribution < 1.29 is 4.79 Å². The number of benzene rings is 1. The molecule has 1 aliphatic rings. The summed E-state index contributed by atoms with van der Waals surface area (Å²) in [7, 11) is 0. The Morgan fingerprint density at radius 1 is 1.32 bits per heavy atom. The number of anilines is 1. The van der Waals surface area contributed by atoms with Crippen molar-refractivity contribution in [1.82, 2.24) is 14.7 Å². The van der Waals surface area contributed by atoms with Gasteiger partial charge in [0.15, 0.2) is 4.96 Å². The Morgan fingerprint density at radius 3 is 2.80 bits per heavy atom. The Labute approximate surface area is 156 Å². The lowest BCUT2D eigenvalue weighted by atomic mass is 9.90. The van der Waals surface area contributed by atoms with Crippen LogP contribution in [-0.2, 0) is 4.79 Å². The van der Waals surface area contributed by atoms with E-state index in [1.165, 1.54) is 0 Å². The number of nitrogens with one attached hydrogen (secondary N) is 2. The van der Waals surface area contributed by atoms with Crippen molar-refractivity contribution in [2.75, 3.05) is 11.9 Å². The first-order valence-electron chi connectivity index (χ1n) is 8.23. The lowest BCUT2D eigenvalue weighted by Crippen LogP contribution is -2.54. The first kappa shape index (κ1) is 17.9. The van der Waals surface area contributed by atoms with Gasteiger partial charge >= 0.3 is 0 Å².